The van der Waals surface area contributed by atoms with Gasteiger partial charge in [-0.3, -0.25) is 0 Å². The van der Waals surface area contributed by atoms with E-state index in [1.54, 1.807) is 0 Å². The molecule has 0 saturated heterocycles. The fourth-order valence-electron chi connectivity index (χ4n) is 2.99. The number of nitrogens with two attached hydrogens (primary N) is 1. The van der Waals surface area contributed by atoms with Crippen molar-refractivity contribution in [3.05, 3.63) is 24.3 Å². The van der Waals surface area contributed by atoms with Crippen LogP contribution in [0.5, 0.6) is 0 Å². The normalized spacial score (nSPS) is 35.1. The van der Waals surface area contributed by atoms with Crippen molar-refractivity contribution in [2.24, 2.45) is 23.5 Å². The summed E-state index contributed by atoms with van der Waals surface area (Å²) >= 11 is 0. The van der Waals surface area contributed by atoms with Crippen LogP contribution >= 0.6 is 0 Å². The van der Waals surface area contributed by atoms with Crippen LogP contribution in [-0.2, 0) is 0 Å². The minimum absolute atomic E-state index is 0.431. The van der Waals surface area contributed by atoms with Crippen molar-refractivity contribution in [3.8, 4) is 11.8 Å². The maximum Gasteiger partial charge on any atom is 0.0383 e. The lowest BCUT2D eigenvalue weighted by Crippen LogP contribution is -2.26. The summed E-state index contributed by atoms with van der Waals surface area (Å²) in [6.07, 6.45) is 17.6. The Bertz CT molecular complexity index is 374. The summed E-state index contributed by atoms with van der Waals surface area (Å²) in [7, 11) is 0. The van der Waals surface area contributed by atoms with E-state index in [1.807, 2.05) is 0 Å². The second-order valence-corrected chi connectivity index (χ2v) is 6.03. The van der Waals surface area contributed by atoms with Gasteiger partial charge in [0, 0.05) is 17.9 Å². The van der Waals surface area contributed by atoms with E-state index >= 15 is 0 Å². The average Bonchev–Trinajstić information content (AvgIpc) is 2.46. The monoisotopic (exact) mass is 257 g/mol. The first-order valence-corrected chi connectivity index (χ1v) is 7.84. The Morgan fingerprint density at radius 3 is 2.47 bits per heavy atom. The highest BCUT2D eigenvalue weighted by molar-refractivity contribution is 5.16. The van der Waals surface area contributed by atoms with Crippen LogP contribution in [0.2, 0.25) is 0 Å². The molecular weight excluding hydrogens is 230 g/mol. The van der Waals surface area contributed by atoms with Gasteiger partial charge in [0.15, 0.2) is 0 Å². The molecule has 2 atom stereocenters. The molecule has 0 spiro atoms. The predicted octanol–water partition coefficient (Wildman–Crippen LogP) is 4.06. The molecule has 2 N–H and O–H groups in total. The molecule has 0 radical (unpaired) electrons. The summed E-state index contributed by atoms with van der Waals surface area (Å²) in [5.41, 5.74) is 5.93. The summed E-state index contributed by atoms with van der Waals surface area (Å²) in [5, 5.41) is 0. The highest BCUT2D eigenvalue weighted by Crippen LogP contribution is 2.26. The van der Waals surface area contributed by atoms with Gasteiger partial charge in [0.1, 0.15) is 0 Å². The summed E-state index contributed by atoms with van der Waals surface area (Å²) in [4.78, 5) is 0. The first kappa shape index (κ1) is 14.4. The van der Waals surface area contributed by atoms with E-state index in [9.17, 15) is 0 Å². The van der Waals surface area contributed by atoms with Crippen molar-refractivity contribution in [2.75, 3.05) is 0 Å². The van der Waals surface area contributed by atoms with Gasteiger partial charge in [0.05, 0.1) is 0 Å². The van der Waals surface area contributed by atoms with Gasteiger partial charge >= 0.3 is 0 Å². The number of allylic oxidation sites excluding steroid dienone is 4. The van der Waals surface area contributed by atoms with E-state index in [1.165, 1.54) is 32.1 Å². The molecule has 1 heteroatoms. The molecule has 0 aliphatic heterocycles. The Morgan fingerprint density at radius 1 is 1.05 bits per heavy atom. The van der Waals surface area contributed by atoms with Crippen LogP contribution in [0.15, 0.2) is 24.3 Å². The molecule has 2 rings (SSSR count). The molecule has 1 nitrogen and oxygen atoms in total. The van der Waals surface area contributed by atoms with Crippen LogP contribution in [0.4, 0.5) is 0 Å². The first-order valence-electron chi connectivity index (χ1n) is 7.84. The van der Waals surface area contributed by atoms with E-state index in [2.05, 4.69) is 43.1 Å². The zero-order valence-electron chi connectivity index (χ0n) is 12.1. The van der Waals surface area contributed by atoms with Crippen molar-refractivity contribution in [3.63, 3.8) is 0 Å². The molecule has 0 aromatic rings. The highest BCUT2D eigenvalue weighted by atomic mass is 14.6. The van der Waals surface area contributed by atoms with Gasteiger partial charge in [0.2, 0.25) is 0 Å². The SMILES string of the molecule is C/C=C\CC1C=CC(C#CC2CCC(N)CC2)CC1. The molecule has 0 aromatic carbocycles. The standard InChI is InChI=1S/C18H27N/c1-2-3-4-15-5-7-16(8-6-15)9-10-17-11-13-18(19)14-12-17/h2-3,5,7,15-18H,4,6,8,11-14,19H2,1H3/b3-2-. The molecule has 0 aromatic heterocycles. The van der Waals surface area contributed by atoms with E-state index in [0.717, 1.165) is 18.8 Å². The van der Waals surface area contributed by atoms with Gasteiger partial charge < -0.3 is 5.73 Å². The fourth-order valence-corrected chi connectivity index (χ4v) is 2.99. The van der Waals surface area contributed by atoms with Gasteiger partial charge in [0.25, 0.3) is 0 Å². The molecule has 0 heterocycles. The molecule has 104 valence electrons. The third-order valence-electron chi connectivity index (χ3n) is 4.38. The topological polar surface area (TPSA) is 26.0 Å². The maximum absolute atomic E-state index is 5.93. The van der Waals surface area contributed by atoms with Crippen LogP contribution in [0.1, 0.15) is 51.9 Å². The van der Waals surface area contributed by atoms with Crippen LogP contribution in [-0.4, -0.2) is 6.04 Å². The Labute approximate surface area is 118 Å². The smallest absolute Gasteiger partial charge is 0.0383 e. The summed E-state index contributed by atoms with van der Waals surface area (Å²) in [5.74, 6) is 8.83. The minimum Gasteiger partial charge on any atom is -0.328 e. The quantitative estimate of drug-likeness (QED) is 0.586. The molecule has 2 aliphatic rings. The number of hydrogen-bond donors (Lipinski definition) is 1. The van der Waals surface area contributed by atoms with E-state index in [0.29, 0.717) is 17.9 Å². The zero-order valence-corrected chi connectivity index (χ0v) is 12.1. The predicted molar refractivity (Wildman–Crippen MR) is 82.5 cm³/mol. The van der Waals surface area contributed by atoms with Crippen molar-refractivity contribution in [1.29, 1.82) is 0 Å². The lowest BCUT2D eigenvalue weighted by molar-refractivity contribution is 0.383. The second kappa shape index (κ2) is 7.56. The van der Waals surface area contributed by atoms with Crippen LogP contribution in [0.3, 0.4) is 0 Å². The molecule has 19 heavy (non-hydrogen) atoms. The van der Waals surface area contributed by atoms with Crippen LogP contribution < -0.4 is 5.73 Å². The molecule has 1 fully saturated rings. The van der Waals surface area contributed by atoms with Gasteiger partial charge in [-0.2, -0.15) is 0 Å². The Morgan fingerprint density at radius 2 is 1.84 bits per heavy atom. The molecular formula is C18H27N. The Hall–Kier alpha value is -1.00. The van der Waals surface area contributed by atoms with Gasteiger partial charge in [-0.1, -0.05) is 36.1 Å². The third kappa shape index (κ3) is 4.88. The highest BCUT2D eigenvalue weighted by Gasteiger charge is 2.17. The Balaban J connectivity index is 1.78. The van der Waals surface area contributed by atoms with Gasteiger partial charge in [-0.25, -0.2) is 0 Å². The summed E-state index contributed by atoms with van der Waals surface area (Å²) in [6, 6.07) is 0.431. The summed E-state index contributed by atoms with van der Waals surface area (Å²) < 4.78 is 0. The van der Waals surface area contributed by atoms with E-state index < -0.39 is 0 Å². The maximum atomic E-state index is 5.93. The van der Waals surface area contributed by atoms with Crippen molar-refractivity contribution in [1.82, 2.24) is 0 Å². The Kier molecular flexibility index (Phi) is 5.73. The summed E-state index contributed by atoms with van der Waals surface area (Å²) in [6.45, 7) is 2.09. The molecule has 1 saturated carbocycles. The largest absolute Gasteiger partial charge is 0.328 e. The molecule has 0 bridgehead atoms. The first-order chi connectivity index (χ1) is 9.28. The van der Waals surface area contributed by atoms with Crippen molar-refractivity contribution >= 4 is 0 Å². The molecule has 2 aliphatic carbocycles. The third-order valence-corrected chi connectivity index (χ3v) is 4.38. The fraction of sp³-hybridized carbons (Fsp3) is 0.667. The number of hydrogen-bond acceptors (Lipinski definition) is 1. The van der Waals surface area contributed by atoms with Crippen LogP contribution in [0, 0.1) is 29.6 Å². The average molecular weight is 257 g/mol. The van der Waals surface area contributed by atoms with Gasteiger partial charge in [-0.05, 0) is 57.8 Å². The second-order valence-electron chi connectivity index (χ2n) is 6.03. The van der Waals surface area contributed by atoms with E-state index in [-0.39, 0.29) is 0 Å². The lowest BCUT2D eigenvalue weighted by atomic mass is 9.84. The van der Waals surface area contributed by atoms with Crippen LogP contribution in [0.25, 0.3) is 0 Å². The van der Waals surface area contributed by atoms with Gasteiger partial charge in [-0.15, -0.1) is 0 Å². The van der Waals surface area contributed by atoms with Crippen molar-refractivity contribution < 1.29 is 0 Å². The van der Waals surface area contributed by atoms with Crippen molar-refractivity contribution in [2.45, 2.75) is 57.9 Å². The molecule has 0 amide bonds. The minimum atomic E-state index is 0.431. The molecule has 2 unspecified atom stereocenters. The lowest BCUT2D eigenvalue weighted by Gasteiger charge is -2.22. The zero-order chi connectivity index (χ0) is 13.5. The van der Waals surface area contributed by atoms with E-state index in [4.69, 9.17) is 5.73 Å². The number of rotatable bonds is 2.